The van der Waals surface area contributed by atoms with Gasteiger partial charge >= 0.3 is 5.97 Å². The zero-order chi connectivity index (χ0) is 19.9. The average Bonchev–Trinajstić information content (AvgIpc) is 2.71. The lowest BCUT2D eigenvalue weighted by Crippen LogP contribution is -2.53. The van der Waals surface area contributed by atoms with E-state index in [0.29, 0.717) is 19.3 Å². The van der Waals surface area contributed by atoms with Crippen LogP contribution in [-0.2, 0) is 20.7 Å². The minimum absolute atomic E-state index is 0.192. The van der Waals surface area contributed by atoms with E-state index in [1.807, 2.05) is 24.3 Å². The van der Waals surface area contributed by atoms with Gasteiger partial charge in [0.2, 0.25) is 0 Å². The first-order chi connectivity index (χ1) is 12.9. The number of hydrogen-bond donors (Lipinski definition) is 0. The summed E-state index contributed by atoms with van der Waals surface area (Å²) in [5, 5.41) is 9.61. The normalized spacial score (nSPS) is 16.7. The minimum Gasteiger partial charge on any atom is -0.497 e. The SMILES string of the molecule is COc1ccc(CCC(=O)O[C@@H](C)C(=O)N(C)C2(C#N)CCCCC2)cc1. The first-order valence-corrected chi connectivity index (χ1v) is 9.43. The molecule has 0 spiro atoms. The van der Waals surface area contributed by atoms with Gasteiger partial charge in [0, 0.05) is 13.5 Å². The van der Waals surface area contributed by atoms with Gasteiger partial charge in [-0.25, -0.2) is 0 Å². The van der Waals surface area contributed by atoms with Crippen molar-refractivity contribution in [1.29, 1.82) is 5.26 Å². The fourth-order valence-corrected chi connectivity index (χ4v) is 3.49. The Morgan fingerprint density at radius 1 is 1.22 bits per heavy atom. The number of carbonyl (C=O) groups excluding carboxylic acids is 2. The zero-order valence-corrected chi connectivity index (χ0v) is 16.4. The molecule has 0 unspecified atom stereocenters. The monoisotopic (exact) mass is 372 g/mol. The van der Waals surface area contributed by atoms with Crippen LogP contribution < -0.4 is 4.74 Å². The summed E-state index contributed by atoms with van der Waals surface area (Å²) in [6.45, 7) is 1.57. The molecule has 27 heavy (non-hydrogen) atoms. The van der Waals surface area contributed by atoms with Gasteiger partial charge in [-0.1, -0.05) is 31.4 Å². The molecule has 1 aromatic rings. The first kappa shape index (κ1) is 20.8. The molecule has 2 rings (SSSR count). The second-order valence-corrected chi connectivity index (χ2v) is 7.08. The van der Waals surface area contributed by atoms with Crippen molar-refractivity contribution in [3.05, 3.63) is 29.8 Å². The van der Waals surface area contributed by atoms with Gasteiger partial charge < -0.3 is 14.4 Å². The fraction of sp³-hybridized carbons (Fsp3) is 0.571. The molecule has 1 aliphatic carbocycles. The van der Waals surface area contributed by atoms with Crippen molar-refractivity contribution in [3.63, 3.8) is 0 Å². The predicted molar refractivity (Wildman–Crippen MR) is 101 cm³/mol. The van der Waals surface area contributed by atoms with E-state index in [4.69, 9.17) is 9.47 Å². The van der Waals surface area contributed by atoms with E-state index in [0.717, 1.165) is 30.6 Å². The molecule has 1 amide bonds. The van der Waals surface area contributed by atoms with E-state index >= 15 is 0 Å². The molecule has 0 N–H and O–H groups in total. The highest BCUT2D eigenvalue weighted by molar-refractivity contribution is 5.84. The van der Waals surface area contributed by atoms with Crippen molar-refractivity contribution in [2.75, 3.05) is 14.2 Å². The van der Waals surface area contributed by atoms with Crippen LogP contribution >= 0.6 is 0 Å². The summed E-state index contributed by atoms with van der Waals surface area (Å²) >= 11 is 0. The number of methoxy groups -OCH3 is 1. The smallest absolute Gasteiger partial charge is 0.306 e. The van der Waals surface area contributed by atoms with Crippen LogP contribution in [0.5, 0.6) is 5.75 Å². The van der Waals surface area contributed by atoms with Gasteiger partial charge in [-0.05, 0) is 43.9 Å². The molecule has 1 atom stereocenters. The number of nitrogens with zero attached hydrogens (tertiary/aromatic N) is 2. The topological polar surface area (TPSA) is 79.6 Å². The predicted octanol–water partition coefficient (Wildman–Crippen LogP) is 3.24. The van der Waals surface area contributed by atoms with E-state index in [-0.39, 0.29) is 12.3 Å². The maximum atomic E-state index is 12.7. The third kappa shape index (κ3) is 5.22. The molecule has 1 aliphatic rings. The highest BCUT2D eigenvalue weighted by Gasteiger charge is 2.40. The number of nitriles is 1. The lowest BCUT2D eigenvalue weighted by Gasteiger charge is -2.39. The van der Waals surface area contributed by atoms with E-state index in [9.17, 15) is 14.9 Å². The van der Waals surface area contributed by atoms with Gasteiger partial charge in [0.05, 0.1) is 13.2 Å². The Hall–Kier alpha value is -2.55. The Balaban J connectivity index is 1.87. The van der Waals surface area contributed by atoms with Gasteiger partial charge in [-0.3, -0.25) is 9.59 Å². The number of ether oxygens (including phenoxy) is 2. The van der Waals surface area contributed by atoms with E-state index in [2.05, 4.69) is 6.07 Å². The standard InChI is InChI=1S/C21H28N2O4/c1-16(20(25)23(2)21(15-22)13-5-4-6-14-21)27-19(24)12-9-17-7-10-18(26-3)11-8-17/h7-8,10-11,16H,4-6,9,12-14H2,1-3H3/t16-/m0/s1. The summed E-state index contributed by atoms with van der Waals surface area (Å²) in [4.78, 5) is 26.3. The van der Waals surface area contributed by atoms with Crippen LogP contribution in [0.1, 0.15) is 51.0 Å². The molecule has 0 radical (unpaired) electrons. The van der Waals surface area contributed by atoms with Gasteiger partial charge in [0.1, 0.15) is 11.3 Å². The molecule has 1 fully saturated rings. The van der Waals surface area contributed by atoms with Gasteiger partial charge in [0.15, 0.2) is 6.10 Å². The lowest BCUT2D eigenvalue weighted by molar-refractivity contribution is -0.160. The van der Waals surface area contributed by atoms with Crippen LogP contribution in [0.15, 0.2) is 24.3 Å². The molecule has 0 aromatic heterocycles. The Morgan fingerprint density at radius 2 is 1.85 bits per heavy atom. The first-order valence-electron chi connectivity index (χ1n) is 9.43. The summed E-state index contributed by atoms with van der Waals surface area (Å²) in [6, 6.07) is 9.79. The van der Waals surface area contributed by atoms with Crippen molar-refractivity contribution in [2.24, 2.45) is 0 Å². The Labute approximate surface area is 161 Å². The van der Waals surface area contributed by atoms with Gasteiger partial charge in [-0.2, -0.15) is 5.26 Å². The van der Waals surface area contributed by atoms with Crippen molar-refractivity contribution in [2.45, 2.75) is 63.5 Å². The number of aryl methyl sites for hydroxylation is 1. The Kier molecular flexibility index (Phi) is 7.23. The molecule has 0 saturated heterocycles. The summed E-state index contributed by atoms with van der Waals surface area (Å²) in [6.07, 6.45) is 4.11. The van der Waals surface area contributed by atoms with Crippen molar-refractivity contribution < 1.29 is 19.1 Å². The quantitative estimate of drug-likeness (QED) is 0.687. The molecule has 146 valence electrons. The number of likely N-dealkylation sites (N-methyl/N-ethyl adjacent to an activating group) is 1. The molecule has 6 nitrogen and oxygen atoms in total. The van der Waals surface area contributed by atoms with E-state index in [1.165, 1.54) is 4.90 Å². The molecule has 0 aliphatic heterocycles. The number of hydrogen-bond acceptors (Lipinski definition) is 5. The van der Waals surface area contributed by atoms with Crippen LogP contribution in [0.3, 0.4) is 0 Å². The Bertz CT molecular complexity index is 687. The minimum atomic E-state index is -0.898. The fourth-order valence-electron chi connectivity index (χ4n) is 3.49. The van der Waals surface area contributed by atoms with Crippen molar-refractivity contribution >= 4 is 11.9 Å². The van der Waals surface area contributed by atoms with Crippen molar-refractivity contribution in [1.82, 2.24) is 4.90 Å². The second kappa shape index (κ2) is 9.40. The largest absolute Gasteiger partial charge is 0.497 e. The van der Waals surface area contributed by atoms with Crippen molar-refractivity contribution in [3.8, 4) is 11.8 Å². The highest BCUT2D eigenvalue weighted by atomic mass is 16.5. The third-order valence-electron chi connectivity index (χ3n) is 5.29. The van der Waals surface area contributed by atoms with E-state index < -0.39 is 17.6 Å². The lowest BCUT2D eigenvalue weighted by atomic mass is 9.81. The molecular formula is C21H28N2O4. The van der Waals surface area contributed by atoms with Crippen LogP contribution in [0.2, 0.25) is 0 Å². The molecular weight excluding hydrogens is 344 g/mol. The maximum absolute atomic E-state index is 12.7. The summed E-state index contributed by atoms with van der Waals surface area (Å²) in [7, 11) is 3.24. The molecule has 1 aromatic carbocycles. The maximum Gasteiger partial charge on any atom is 0.306 e. The molecule has 0 bridgehead atoms. The van der Waals surface area contributed by atoms with Gasteiger partial charge in [0.25, 0.3) is 5.91 Å². The molecule has 0 heterocycles. The number of rotatable bonds is 7. The number of esters is 1. The number of amides is 1. The van der Waals surface area contributed by atoms with Crippen LogP contribution in [0, 0.1) is 11.3 Å². The second-order valence-electron chi connectivity index (χ2n) is 7.08. The number of carbonyl (C=O) groups is 2. The Morgan fingerprint density at radius 3 is 2.41 bits per heavy atom. The summed E-state index contributed by atoms with van der Waals surface area (Å²) < 4.78 is 10.4. The van der Waals surface area contributed by atoms with Crippen LogP contribution in [0.4, 0.5) is 0 Å². The summed E-state index contributed by atoms with van der Waals surface area (Å²) in [5.41, 5.74) is 0.216. The van der Waals surface area contributed by atoms with Gasteiger partial charge in [-0.15, -0.1) is 0 Å². The third-order valence-corrected chi connectivity index (χ3v) is 5.29. The van der Waals surface area contributed by atoms with Crippen LogP contribution in [-0.4, -0.2) is 42.6 Å². The summed E-state index contributed by atoms with van der Waals surface area (Å²) in [5.74, 6) is 0.0173. The van der Waals surface area contributed by atoms with E-state index in [1.54, 1.807) is 21.1 Å². The molecule has 6 heteroatoms. The average molecular weight is 372 g/mol. The molecule has 1 saturated carbocycles. The number of benzene rings is 1. The highest BCUT2D eigenvalue weighted by Crippen LogP contribution is 2.32. The van der Waals surface area contributed by atoms with Crippen LogP contribution in [0.25, 0.3) is 0 Å². The zero-order valence-electron chi connectivity index (χ0n) is 16.4.